The van der Waals surface area contributed by atoms with Crippen LogP contribution in [0.4, 0.5) is 0 Å². The molecule has 0 aliphatic carbocycles. The first kappa shape index (κ1) is 11.2. The summed E-state index contributed by atoms with van der Waals surface area (Å²) in [5.41, 5.74) is 5.90. The summed E-state index contributed by atoms with van der Waals surface area (Å²) >= 11 is 0. The Morgan fingerprint density at radius 2 is 1.65 bits per heavy atom. The van der Waals surface area contributed by atoms with E-state index in [1.165, 1.54) is 27.5 Å². The highest BCUT2D eigenvalue weighted by Gasteiger charge is 2.10. The van der Waals surface area contributed by atoms with E-state index < -0.39 is 0 Å². The Balaban J connectivity index is 2.11. The lowest BCUT2D eigenvalue weighted by Gasteiger charge is -2.04. The molecular formula is C18H14N2. The summed E-state index contributed by atoms with van der Waals surface area (Å²) in [5.74, 6) is 0. The van der Waals surface area contributed by atoms with E-state index >= 15 is 0 Å². The Hall–Kier alpha value is -2.61. The molecule has 0 aliphatic rings. The molecule has 0 amide bonds. The number of para-hydroxylation sites is 1. The van der Waals surface area contributed by atoms with Gasteiger partial charge in [0, 0.05) is 28.0 Å². The number of nitrogens with one attached hydrogen (secondary N) is 1. The zero-order valence-corrected chi connectivity index (χ0v) is 11.2. The van der Waals surface area contributed by atoms with Crippen LogP contribution in [-0.4, -0.2) is 9.97 Å². The number of H-pyrrole nitrogens is 1. The monoisotopic (exact) mass is 258 g/mol. The van der Waals surface area contributed by atoms with Crippen LogP contribution in [0.3, 0.4) is 0 Å². The minimum absolute atomic E-state index is 1.09. The van der Waals surface area contributed by atoms with Crippen LogP contribution in [0.2, 0.25) is 0 Å². The smallest absolute Gasteiger partial charge is 0.0657 e. The summed E-state index contributed by atoms with van der Waals surface area (Å²) < 4.78 is 0. The van der Waals surface area contributed by atoms with Gasteiger partial charge >= 0.3 is 0 Å². The van der Waals surface area contributed by atoms with Gasteiger partial charge in [0.15, 0.2) is 0 Å². The van der Waals surface area contributed by atoms with E-state index in [-0.39, 0.29) is 0 Å². The molecule has 0 saturated heterocycles. The Morgan fingerprint density at radius 3 is 2.50 bits per heavy atom. The Labute approximate surface area is 117 Å². The molecule has 2 heteroatoms. The number of hydrogen-bond donors (Lipinski definition) is 1. The summed E-state index contributed by atoms with van der Waals surface area (Å²) in [6.07, 6.45) is 3.85. The fourth-order valence-electron chi connectivity index (χ4n) is 2.75. The second-order valence-electron chi connectivity index (χ2n) is 5.15. The fraction of sp³-hybridized carbons (Fsp3) is 0.0556. The van der Waals surface area contributed by atoms with E-state index in [1.807, 2.05) is 12.4 Å². The molecule has 4 rings (SSSR count). The van der Waals surface area contributed by atoms with E-state index in [9.17, 15) is 0 Å². The van der Waals surface area contributed by atoms with Gasteiger partial charge in [-0.25, -0.2) is 0 Å². The van der Waals surface area contributed by atoms with Gasteiger partial charge in [-0.2, -0.15) is 0 Å². The average Bonchev–Trinajstić information content (AvgIpc) is 2.86. The summed E-state index contributed by atoms with van der Waals surface area (Å²) in [4.78, 5) is 7.81. The molecule has 0 saturated carbocycles. The van der Waals surface area contributed by atoms with E-state index in [0.717, 1.165) is 11.0 Å². The van der Waals surface area contributed by atoms with Crippen molar-refractivity contribution in [2.24, 2.45) is 0 Å². The lowest BCUT2D eigenvalue weighted by molar-refractivity contribution is 1.34. The minimum atomic E-state index is 1.09. The van der Waals surface area contributed by atoms with E-state index in [1.54, 1.807) is 0 Å². The lowest BCUT2D eigenvalue weighted by atomic mass is 10.0. The Kier molecular flexibility index (Phi) is 2.36. The van der Waals surface area contributed by atoms with Crippen molar-refractivity contribution in [3.05, 3.63) is 66.5 Å². The molecule has 0 aliphatic heterocycles. The first-order valence-corrected chi connectivity index (χ1v) is 6.74. The van der Waals surface area contributed by atoms with Crippen molar-refractivity contribution < 1.29 is 0 Å². The zero-order valence-electron chi connectivity index (χ0n) is 11.2. The van der Waals surface area contributed by atoms with Gasteiger partial charge < -0.3 is 4.98 Å². The molecule has 96 valence electrons. The molecule has 1 N–H and O–H groups in total. The molecule has 2 aromatic heterocycles. The Morgan fingerprint density at radius 1 is 0.850 bits per heavy atom. The van der Waals surface area contributed by atoms with Crippen LogP contribution < -0.4 is 0 Å². The highest BCUT2D eigenvalue weighted by molar-refractivity contribution is 6.13. The number of pyridine rings is 1. The molecule has 2 nitrogen and oxygen atoms in total. The number of rotatable bonds is 1. The van der Waals surface area contributed by atoms with Crippen LogP contribution in [0.15, 0.2) is 60.9 Å². The largest absolute Gasteiger partial charge is 0.353 e. The molecular weight excluding hydrogens is 244 g/mol. The number of aryl methyl sites for hydroxylation is 1. The normalized spacial score (nSPS) is 11.2. The topological polar surface area (TPSA) is 28.7 Å². The Bertz CT molecular complexity index is 902. The van der Waals surface area contributed by atoms with Gasteiger partial charge in [0.25, 0.3) is 0 Å². The van der Waals surface area contributed by atoms with Crippen LogP contribution >= 0.6 is 0 Å². The molecule has 0 spiro atoms. The maximum absolute atomic E-state index is 4.38. The molecule has 0 unspecified atom stereocenters. The van der Waals surface area contributed by atoms with Crippen LogP contribution in [0.1, 0.15) is 5.56 Å². The van der Waals surface area contributed by atoms with Gasteiger partial charge in [-0.3, -0.25) is 4.98 Å². The summed E-state index contributed by atoms with van der Waals surface area (Å²) in [6, 6.07) is 17.0. The van der Waals surface area contributed by atoms with Crippen LogP contribution in [-0.2, 0) is 0 Å². The predicted molar refractivity (Wildman–Crippen MR) is 83.8 cm³/mol. The number of benzene rings is 2. The molecule has 20 heavy (non-hydrogen) atoms. The van der Waals surface area contributed by atoms with E-state index in [4.69, 9.17) is 0 Å². The van der Waals surface area contributed by atoms with Crippen molar-refractivity contribution in [3.63, 3.8) is 0 Å². The number of nitrogens with zero attached hydrogens (tertiary/aromatic N) is 1. The van der Waals surface area contributed by atoms with Gasteiger partial charge in [-0.05, 0) is 18.6 Å². The standard InChI is InChI=1S/C18H14N2/c1-12-6-8-13(9-7-12)15-10-19-11-17-18(15)14-4-2-3-5-16(14)20-17/h2-11,20H,1H3. The number of hydrogen-bond acceptors (Lipinski definition) is 1. The zero-order chi connectivity index (χ0) is 13.5. The number of aromatic nitrogens is 2. The van der Waals surface area contributed by atoms with Crippen molar-refractivity contribution in [2.75, 3.05) is 0 Å². The molecule has 4 aromatic rings. The molecule has 2 aromatic carbocycles. The van der Waals surface area contributed by atoms with Crippen molar-refractivity contribution in [2.45, 2.75) is 6.92 Å². The van der Waals surface area contributed by atoms with Gasteiger partial charge in [0.1, 0.15) is 0 Å². The van der Waals surface area contributed by atoms with Gasteiger partial charge in [0.2, 0.25) is 0 Å². The average molecular weight is 258 g/mol. The third-order valence-corrected chi connectivity index (χ3v) is 3.77. The minimum Gasteiger partial charge on any atom is -0.353 e. The van der Waals surface area contributed by atoms with Crippen LogP contribution in [0.5, 0.6) is 0 Å². The first-order chi connectivity index (χ1) is 9.83. The second-order valence-corrected chi connectivity index (χ2v) is 5.15. The van der Waals surface area contributed by atoms with Gasteiger partial charge in [-0.15, -0.1) is 0 Å². The maximum atomic E-state index is 4.38. The maximum Gasteiger partial charge on any atom is 0.0657 e. The highest BCUT2D eigenvalue weighted by Crippen LogP contribution is 2.33. The van der Waals surface area contributed by atoms with E-state index in [0.29, 0.717) is 0 Å². The molecule has 0 fully saturated rings. The first-order valence-electron chi connectivity index (χ1n) is 6.74. The lowest BCUT2D eigenvalue weighted by Crippen LogP contribution is -1.82. The highest BCUT2D eigenvalue weighted by atomic mass is 14.7. The summed E-state index contributed by atoms with van der Waals surface area (Å²) in [5, 5.41) is 2.50. The summed E-state index contributed by atoms with van der Waals surface area (Å²) in [7, 11) is 0. The predicted octanol–water partition coefficient (Wildman–Crippen LogP) is 4.69. The summed E-state index contributed by atoms with van der Waals surface area (Å²) in [6.45, 7) is 2.11. The van der Waals surface area contributed by atoms with Crippen LogP contribution in [0, 0.1) is 6.92 Å². The molecule has 0 bridgehead atoms. The van der Waals surface area contributed by atoms with E-state index in [2.05, 4.69) is 65.4 Å². The third kappa shape index (κ3) is 1.62. The van der Waals surface area contributed by atoms with Crippen molar-refractivity contribution in [1.82, 2.24) is 9.97 Å². The van der Waals surface area contributed by atoms with Gasteiger partial charge in [-0.1, -0.05) is 48.0 Å². The second kappa shape index (κ2) is 4.20. The van der Waals surface area contributed by atoms with Crippen molar-refractivity contribution in [3.8, 4) is 11.1 Å². The fourth-order valence-corrected chi connectivity index (χ4v) is 2.75. The SMILES string of the molecule is Cc1ccc(-c2cncc3[nH]c4ccccc4c23)cc1. The van der Waals surface area contributed by atoms with Crippen molar-refractivity contribution in [1.29, 1.82) is 0 Å². The number of aromatic amines is 1. The number of fused-ring (bicyclic) bond motifs is 3. The van der Waals surface area contributed by atoms with Crippen molar-refractivity contribution >= 4 is 21.8 Å². The quantitative estimate of drug-likeness (QED) is 0.527. The molecule has 0 radical (unpaired) electrons. The van der Waals surface area contributed by atoms with Crippen LogP contribution in [0.25, 0.3) is 32.9 Å². The molecule has 2 heterocycles. The third-order valence-electron chi connectivity index (χ3n) is 3.77. The molecule has 0 atom stereocenters. The van der Waals surface area contributed by atoms with Gasteiger partial charge in [0.05, 0.1) is 11.7 Å².